The van der Waals surface area contributed by atoms with Crippen molar-refractivity contribution < 1.29 is 37.5 Å². The van der Waals surface area contributed by atoms with Crippen molar-refractivity contribution in [2.45, 2.75) is 39.5 Å². The maximum atomic E-state index is 10.4. The monoisotopic (exact) mass is 216 g/mol. The van der Waals surface area contributed by atoms with Gasteiger partial charge in [-0.1, -0.05) is 26.2 Å². The molecule has 0 aromatic carbocycles. The van der Waals surface area contributed by atoms with Crippen LogP contribution in [0, 0.1) is 6.42 Å². The molecule has 0 aliphatic heterocycles. The van der Waals surface area contributed by atoms with E-state index in [9.17, 15) is 4.79 Å². The van der Waals surface area contributed by atoms with Crippen LogP contribution in [0.3, 0.4) is 0 Å². The van der Waals surface area contributed by atoms with Crippen LogP contribution in [0.1, 0.15) is 39.5 Å². The Morgan fingerprint density at radius 1 is 1.40 bits per heavy atom. The fourth-order valence-corrected chi connectivity index (χ4v) is 0.700. The molecule has 0 heterocycles. The van der Waals surface area contributed by atoms with Crippen LogP contribution in [0.5, 0.6) is 0 Å². The Balaban J connectivity index is 0. The molecule has 10 heavy (non-hydrogen) atoms. The first-order valence-electron chi connectivity index (χ1n) is 3.61. The summed E-state index contributed by atoms with van der Waals surface area (Å²) >= 11 is 0. The van der Waals surface area contributed by atoms with Gasteiger partial charge in [0.15, 0.2) is 0 Å². The van der Waals surface area contributed by atoms with Crippen molar-refractivity contribution in [2.24, 2.45) is 0 Å². The minimum atomic E-state index is 0. The number of carbonyl (C=O) groups excluding carboxylic acids is 1. The Hall–Kier alpha value is 0.644. The van der Waals surface area contributed by atoms with Gasteiger partial charge >= 0.3 is 0 Å². The number of carbonyl (C=O) groups is 1. The molecule has 0 bridgehead atoms. The first-order valence-corrected chi connectivity index (χ1v) is 3.61. The summed E-state index contributed by atoms with van der Waals surface area (Å²) in [5, 5.41) is 0. The van der Waals surface area contributed by atoms with Gasteiger partial charge in [0.25, 0.3) is 0 Å². The average Bonchev–Trinajstić information content (AvgIpc) is 1.80. The van der Waals surface area contributed by atoms with E-state index < -0.39 is 0 Å². The second kappa shape index (κ2) is 9.64. The van der Waals surface area contributed by atoms with Gasteiger partial charge in [-0.2, -0.15) is 6.42 Å². The van der Waals surface area contributed by atoms with Crippen molar-refractivity contribution in [3.63, 3.8) is 0 Å². The second-order valence-electron chi connectivity index (χ2n) is 2.31. The van der Waals surface area contributed by atoms with Gasteiger partial charge in [0.05, 0.1) is 0 Å². The van der Waals surface area contributed by atoms with Crippen molar-refractivity contribution in [2.75, 3.05) is 0 Å². The number of hydrogen-bond donors (Lipinski definition) is 0. The minimum absolute atomic E-state index is 0. The first kappa shape index (κ1) is 13.2. The van der Waals surface area contributed by atoms with Crippen LogP contribution in [-0.4, -0.2) is 5.78 Å². The quantitative estimate of drug-likeness (QED) is 0.509. The van der Waals surface area contributed by atoms with Crippen LogP contribution in [0.15, 0.2) is 0 Å². The largest absolute Gasteiger partial charge is 0.335 e. The van der Waals surface area contributed by atoms with E-state index >= 15 is 0 Å². The molecule has 0 rings (SSSR count). The van der Waals surface area contributed by atoms with Gasteiger partial charge in [0, 0.05) is 32.7 Å². The van der Waals surface area contributed by atoms with Gasteiger partial charge in [-0.05, 0) is 12.7 Å². The smallest absolute Gasteiger partial charge is 0 e. The Labute approximate surface area is 88.8 Å². The Kier molecular flexibility index (Phi) is 12.8. The van der Waals surface area contributed by atoms with E-state index in [-0.39, 0.29) is 38.5 Å². The summed E-state index contributed by atoms with van der Waals surface area (Å²) in [6.45, 7) is 3.76. The Morgan fingerprint density at radius 2 is 2.00 bits per heavy atom. The molecule has 0 saturated heterocycles. The third kappa shape index (κ3) is 11.4. The Morgan fingerprint density at radius 3 is 2.40 bits per heavy atom. The predicted molar refractivity (Wildman–Crippen MR) is 39.1 cm³/mol. The van der Waals surface area contributed by atoms with Crippen LogP contribution in [0.2, 0.25) is 0 Å². The molecule has 57 valence electrons. The molecule has 0 spiro atoms. The van der Waals surface area contributed by atoms with E-state index in [1.54, 1.807) is 13.3 Å². The fraction of sp³-hybridized carbons (Fsp3) is 0.750. The zero-order valence-electron chi connectivity index (χ0n) is 6.89. The van der Waals surface area contributed by atoms with Crippen LogP contribution in [-0.2, 0) is 37.5 Å². The zero-order valence-corrected chi connectivity index (χ0v) is 9.73. The average molecular weight is 216 g/mol. The normalized spacial score (nSPS) is 8.20. The third-order valence-corrected chi connectivity index (χ3v) is 1.24. The van der Waals surface area contributed by atoms with Crippen LogP contribution >= 0.6 is 0 Å². The van der Waals surface area contributed by atoms with Crippen molar-refractivity contribution in [1.29, 1.82) is 0 Å². The van der Waals surface area contributed by atoms with Gasteiger partial charge in [-0.3, -0.25) is 0 Å². The van der Waals surface area contributed by atoms with E-state index in [1.807, 2.05) is 0 Å². The molecule has 1 radical (unpaired) electrons. The molecular formula is C8H15OY-. The van der Waals surface area contributed by atoms with Crippen LogP contribution in [0.4, 0.5) is 0 Å². The van der Waals surface area contributed by atoms with Gasteiger partial charge < -0.3 is 11.2 Å². The summed E-state index contributed by atoms with van der Waals surface area (Å²) in [4.78, 5) is 10.4. The van der Waals surface area contributed by atoms with Crippen LogP contribution in [0.25, 0.3) is 0 Å². The van der Waals surface area contributed by atoms with Gasteiger partial charge in [-0.15, -0.1) is 0 Å². The van der Waals surface area contributed by atoms with Crippen LogP contribution < -0.4 is 0 Å². The molecule has 0 unspecified atom stereocenters. The molecule has 0 N–H and O–H groups in total. The van der Waals surface area contributed by atoms with E-state index in [1.165, 1.54) is 12.8 Å². The fourth-order valence-electron chi connectivity index (χ4n) is 0.700. The van der Waals surface area contributed by atoms with E-state index in [0.717, 1.165) is 12.8 Å². The molecule has 0 saturated carbocycles. The molecule has 0 aromatic rings. The molecular weight excluding hydrogens is 201 g/mol. The SMILES string of the molecule is CCCCC[CH-]C(C)=O.[Y]. The number of rotatable bonds is 5. The number of Topliss-reactive ketones (excluding diaryl/α,β-unsaturated/α-hetero) is 1. The third-order valence-electron chi connectivity index (χ3n) is 1.24. The summed E-state index contributed by atoms with van der Waals surface area (Å²) in [5.74, 6) is 0.200. The molecule has 0 atom stereocenters. The van der Waals surface area contributed by atoms with E-state index in [0.29, 0.717) is 0 Å². The molecule has 0 fully saturated rings. The maximum Gasteiger partial charge on any atom is 0 e. The van der Waals surface area contributed by atoms with Gasteiger partial charge in [0.2, 0.25) is 0 Å². The molecule has 0 aliphatic rings. The molecule has 2 heteroatoms. The van der Waals surface area contributed by atoms with Gasteiger partial charge in [-0.25, -0.2) is 0 Å². The van der Waals surface area contributed by atoms with Crippen molar-refractivity contribution in [3.05, 3.63) is 6.42 Å². The molecule has 0 amide bonds. The first-order chi connectivity index (χ1) is 4.27. The standard InChI is InChI=1S/C8H15O.Y/c1-3-4-5-6-7-8(2)9;/h7H,3-6H2,1-2H3;/q-1;. The topological polar surface area (TPSA) is 17.1 Å². The van der Waals surface area contributed by atoms with Gasteiger partial charge in [0.1, 0.15) is 0 Å². The summed E-state index contributed by atoms with van der Waals surface area (Å²) < 4.78 is 0. The number of hydrogen-bond acceptors (Lipinski definition) is 1. The predicted octanol–water partition coefficient (Wildman–Crippen LogP) is 2.36. The summed E-state index contributed by atoms with van der Waals surface area (Å²) in [6.07, 6.45) is 6.35. The molecule has 0 aromatic heterocycles. The van der Waals surface area contributed by atoms with Crippen molar-refractivity contribution >= 4 is 5.78 Å². The summed E-state index contributed by atoms with van der Waals surface area (Å²) in [6, 6.07) is 0. The molecule has 0 aliphatic carbocycles. The van der Waals surface area contributed by atoms with Crippen molar-refractivity contribution in [1.82, 2.24) is 0 Å². The number of ketones is 1. The van der Waals surface area contributed by atoms with E-state index in [4.69, 9.17) is 0 Å². The van der Waals surface area contributed by atoms with Crippen molar-refractivity contribution in [3.8, 4) is 0 Å². The molecule has 1 nitrogen and oxygen atoms in total. The van der Waals surface area contributed by atoms with E-state index in [2.05, 4.69) is 6.92 Å². The summed E-state index contributed by atoms with van der Waals surface area (Å²) in [7, 11) is 0. The zero-order chi connectivity index (χ0) is 7.11. The summed E-state index contributed by atoms with van der Waals surface area (Å²) in [5.41, 5.74) is 0. The maximum absolute atomic E-state index is 10.4. The minimum Gasteiger partial charge on any atom is -0.335 e. The second-order valence-corrected chi connectivity index (χ2v) is 2.31. The number of unbranched alkanes of at least 4 members (excludes halogenated alkanes) is 3. The Bertz CT molecular complexity index is 81.3.